The van der Waals surface area contributed by atoms with Crippen molar-refractivity contribution in [1.29, 1.82) is 0 Å². The summed E-state index contributed by atoms with van der Waals surface area (Å²) in [5.41, 5.74) is 5.45. The molecule has 2 atom stereocenters. The molecular weight excluding hydrogens is 953 g/mol. The third-order valence-corrected chi connectivity index (χ3v) is 13.4. The number of aromatic nitrogens is 4. The van der Waals surface area contributed by atoms with E-state index in [1.54, 1.807) is 94.9 Å². The number of aryl methyl sites for hydroxylation is 3. The molecule has 4 aromatic heterocycles. The van der Waals surface area contributed by atoms with E-state index in [4.69, 9.17) is 28.9 Å². The summed E-state index contributed by atoms with van der Waals surface area (Å²) in [6.45, 7) is 20.1. The van der Waals surface area contributed by atoms with Gasteiger partial charge in [-0.1, -0.05) is 46.8 Å². The standard InChI is InChI=1S/C23H22N2O4.C22H20N2O5.C10H18O5.CH4/c1-4-13-14-8-12(3)6-7-18(14)24-20-15(13)10-25-19(20)9-17-16(21(25)26)11-29-22(27)23(17,28)5-2;1-3-12-13-7-11(25)5-6-17(13)23-19-14(12)9-24-18(19)8-16-15(20(24)26)10-29-21(27)22(16,28)4-2;1-9(2,3)14-7(11)13-8(12)15-10(4,5)6;/h6-9,28H,4-5,10-11H2,1-3H3;5-8,25,28H,3-4,9-10H2,1-2H3;1-6H3;1H4. The van der Waals surface area contributed by atoms with E-state index in [0.717, 1.165) is 50.6 Å². The Labute approximate surface area is 427 Å². The van der Waals surface area contributed by atoms with E-state index in [1.165, 1.54) is 11.1 Å². The lowest BCUT2D eigenvalue weighted by atomic mass is 9.86. The van der Waals surface area contributed by atoms with Crippen molar-refractivity contribution in [1.82, 2.24) is 19.1 Å². The molecule has 8 heterocycles. The van der Waals surface area contributed by atoms with Gasteiger partial charge < -0.3 is 48.1 Å². The number of esters is 2. The van der Waals surface area contributed by atoms with Gasteiger partial charge in [-0.25, -0.2) is 29.1 Å². The first-order valence-corrected chi connectivity index (χ1v) is 24.3. The van der Waals surface area contributed by atoms with Crippen LogP contribution in [0.1, 0.15) is 140 Å². The van der Waals surface area contributed by atoms with E-state index < -0.39 is 46.7 Å². The third kappa shape index (κ3) is 9.63. The highest BCUT2D eigenvalue weighted by Gasteiger charge is 2.47. The first-order valence-electron chi connectivity index (χ1n) is 24.3. The maximum absolute atomic E-state index is 13.3. The van der Waals surface area contributed by atoms with Gasteiger partial charge in [0.05, 0.1) is 58.0 Å². The lowest BCUT2D eigenvalue weighted by Crippen LogP contribution is -2.44. The van der Waals surface area contributed by atoms with Gasteiger partial charge in [0.2, 0.25) is 0 Å². The lowest BCUT2D eigenvalue weighted by Gasteiger charge is -2.31. The molecule has 2 unspecified atom stereocenters. The molecular formula is C56H64N4O14. The fraction of sp³-hybridized carbons (Fsp3) is 0.429. The second kappa shape index (κ2) is 19.8. The van der Waals surface area contributed by atoms with Gasteiger partial charge in [0.1, 0.15) is 30.2 Å². The van der Waals surface area contributed by atoms with Gasteiger partial charge in [-0.3, -0.25) is 9.59 Å². The molecule has 3 N–H and O–H groups in total. The van der Waals surface area contributed by atoms with Gasteiger partial charge in [0.15, 0.2) is 11.2 Å². The normalized spacial score (nSPS) is 17.8. The molecule has 74 heavy (non-hydrogen) atoms. The molecule has 2 aromatic carbocycles. The lowest BCUT2D eigenvalue weighted by molar-refractivity contribution is -0.172. The van der Waals surface area contributed by atoms with Crippen LogP contribution >= 0.6 is 0 Å². The Morgan fingerprint density at radius 3 is 1.43 bits per heavy atom. The Morgan fingerprint density at radius 1 is 0.635 bits per heavy atom. The third-order valence-electron chi connectivity index (χ3n) is 13.4. The highest BCUT2D eigenvalue weighted by molar-refractivity contribution is 5.91. The number of fused-ring (bicyclic) bond motifs is 10. The number of aliphatic hydroxyl groups is 2. The minimum atomic E-state index is -1.83. The molecule has 0 spiro atoms. The quantitative estimate of drug-likeness (QED) is 0.0847. The van der Waals surface area contributed by atoms with Crippen molar-refractivity contribution in [2.24, 2.45) is 0 Å². The Bertz CT molecular complexity index is 3210. The Morgan fingerprint density at radius 2 is 1.04 bits per heavy atom. The van der Waals surface area contributed by atoms with E-state index in [2.05, 4.69) is 24.7 Å². The predicted molar refractivity (Wildman–Crippen MR) is 274 cm³/mol. The van der Waals surface area contributed by atoms with Crippen LogP contribution in [0.5, 0.6) is 5.75 Å². The van der Waals surface area contributed by atoms with Crippen molar-refractivity contribution in [3.8, 4) is 28.5 Å². The summed E-state index contributed by atoms with van der Waals surface area (Å²) in [6, 6.07) is 14.7. The number of hydrogen-bond donors (Lipinski definition) is 3. The number of phenolic OH excluding ortho intramolecular Hbond substituents is 1. The van der Waals surface area contributed by atoms with Crippen LogP contribution in [0.25, 0.3) is 44.6 Å². The minimum absolute atomic E-state index is 0. The molecule has 392 valence electrons. The number of carbonyl (C=O) groups excluding carboxylic acids is 4. The van der Waals surface area contributed by atoms with Crippen LogP contribution in [0, 0.1) is 6.92 Å². The first-order chi connectivity index (χ1) is 34.3. The second-order valence-electron chi connectivity index (χ2n) is 20.5. The molecule has 4 aliphatic heterocycles. The molecule has 0 radical (unpaired) electrons. The number of ether oxygens (including phenoxy) is 5. The van der Waals surface area contributed by atoms with E-state index in [-0.39, 0.29) is 50.4 Å². The number of hydrogen-bond acceptors (Lipinski definition) is 16. The monoisotopic (exact) mass is 1020 g/mol. The topological polar surface area (TPSA) is 245 Å². The van der Waals surface area contributed by atoms with E-state index in [9.17, 15) is 44.1 Å². The Hall–Kier alpha value is -7.44. The number of rotatable bonds is 4. The average Bonchev–Trinajstić information content (AvgIpc) is 3.88. The Balaban J connectivity index is 0.000000170. The fourth-order valence-corrected chi connectivity index (χ4v) is 9.84. The molecule has 4 aliphatic rings. The maximum atomic E-state index is 13.3. The molecule has 0 saturated carbocycles. The van der Waals surface area contributed by atoms with Gasteiger partial charge in [0.25, 0.3) is 11.1 Å². The number of benzene rings is 2. The number of aromatic hydroxyl groups is 1. The van der Waals surface area contributed by atoms with Crippen molar-refractivity contribution in [3.63, 3.8) is 0 Å². The SMILES string of the molecule is C.CC(C)(C)OC(=O)OC(=O)OC(C)(C)C.CCc1c2c(nc3ccc(C)cc13)-c1cc3c(c(=O)n1C2)COC(=O)C3(O)CC.CCc1c2c(nc3ccc(O)cc13)-c1cc3c(c(=O)n1C2)COC(=O)C3(O)CC. The first kappa shape index (κ1) is 54.3. The molecule has 0 saturated heterocycles. The predicted octanol–water partition coefficient (Wildman–Crippen LogP) is 8.81. The van der Waals surface area contributed by atoms with Crippen LogP contribution in [-0.4, -0.2) is 69.9 Å². The van der Waals surface area contributed by atoms with Crippen LogP contribution in [0.4, 0.5) is 9.59 Å². The highest BCUT2D eigenvalue weighted by Crippen LogP contribution is 2.42. The van der Waals surface area contributed by atoms with Crippen LogP contribution in [0.2, 0.25) is 0 Å². The van der Waals surface area contributed by atoms with E-state index in [0.29, 0.717) is 58.8 Å². The van der Waals surface area contributed by atoms with Gasteiger partial charge >= 0.3 is 24.2 Å². The number of carbonyl (C=O) groups is 4. The van der Waals surface area contributed by atoms with Gasteiger partial charge in [-0.2, -0.15) is 0 Å². The van der Waals surface area contributed by atoms with E-state index in [1.807, 2.05) is 19.1 Å². The molecule has 18 nitrogen and oxygen atoms in total. The van der Waals surface area contributed by atoms with Crippen LogP contribution in [0.15, 0.2) is 58.1 Å². The molecule has 0 amide bonds. The smallest absolute Gasteiger partial charge is 0.508 e. The van der Waals surface area contributed by atoms with Crippen molar-refractivity contribution in [2.45, 2.75) is 158 Å². The number of nitrogens with zero attached hydrogens (tertiary/aromatic N) is 4. The van der Waals surface area contributed by atoms with Crippen molar-refractivity contribution < 1.29 is 58.2 Å². The molecule has 6 aromatic rings. The zero-order chi connectivity index (χ0) is 53.3. The number of phenols is 1. The zero-order valence-corrected chi connectivity index (χ0v) is 42.9. The molecule has 18 heteroatoms. The average molecular weight is 1020 g/mol. The van der Waals surface area contributed by atoms with Gasteiger partial charge in [-0.15, -0.1) is 0 Å². The summed E-state index contributed by atoms with van der Waals surface area (Å²) in [7, 11) is 0. The highest BCUT2D eigenvalue weighted by atomic mass is 16.8. The number of pyridine rings is 4. The summed E-state index contributed by atoms with van der Waals surface area (Å²) in [4.78, 5) is 82.7. The van der Waals surface area contributed by atoms with Gasteiger partial charge in [-0.05, 0) is 128 Å². The number of cyclic esters (lactones) is 2. The minimum Gasteiger partial charge on any atom is -0.508 e. The molecule has 10 rings (SSSR count). The molecule has 0 aliphatic carbocycles. The summed E-state index contributed by atoms with van der Waals surface area (Å²) in [5.74, 6) is -1.27. The van der Waals surface area contributed by atoms with E-state index >= 15 is 0 Å². The second-order valence-corrected chi connectivity index (χ2v) is 20.5. The van der Waals surface area contributed by atoms with Crippen LogP contribution in [-0.2, 0) is 83.6 Å². The van der Waals surface area contributed by atoms with Crippen molar-refractivity contribution in [2.75, 3.05) is 0 Å². The van der Waals surface area contributed by atoms with Crippen molar-refractivity contribution >= 4 is 46.1 Å². The van der Waals surface area contributed by atoms with Crippen LogP contribution < -0.4 is 11.1 Å². The summed E-state index contributed by atoms with van der Waals surface area (Å²) >= 11 is 0. The van der Waals surface area contributed by atoms with Gasteiger partial charge in [0, 0.05) is 33.0 Å². The summed E-state index contributed by atoms with van der Waals surface area (Å²) < 4.78 is 27.4. The largest absolute Gasteiger partial charge is 0.519 e. The summed E-state index contributed by atoms with van der Waals surface area (Å²) in [5, 5.41) is 33.8. The van der Waals surface area contributed by atoms with Crippen LogP contribution in [0.3, 0.4) is 0 Å². The zero-order valence-electron chi connectivity index (χ0n) is 42.9. The van der Waals surface area contributed by atoms with Crippen molar-refractivity contribution in [3.05, 3.63) is 119 Å². The Kier molecular flexibility index (Phi) is 14.5. The molecule has 0 fully saturated rings. The maximum Gasteiger partial charge on any atom is 0.519 e. The summed E-state index contributed by atoms with van der Waals surface area (Å²) in [6.07, 6.45) is -0.326. The molecule has 0 bridgehead atoms. The fourth-order valence-electron chi connectivity index (χ4n) is 9.84.